The van der Waals surface area contributed by atoms with E-state index in [4.69, 9.17) is 5.73 Å². The first-order chi connectivity index (χ1) is 7.38. The first kappa shape index (κ1) is 15.2. The number of carbonyl (C=O) groups is 1. The molecule has 96 valence electrons. The summed E-state index contributed by atoms with van der Waals surface area (Å²) in [5, 5.41) is 0. The molecule has 0 aliphatic carbocycles. The standard InChI is InChI=1S/C10H18F3NO2/c1-2-3-5-8(14)6-4-7-16-9(15)10(11,12)13/h8H,2-7,14H2,1H3. The smallest absolute Gasteiger partial charge is 0.459 e. The Kier molecular flexibility index (Phi) is 7.12. The molecule has 0 aromatic rings. The number of alkyl halides is 3. The Morgan fingerprint density at radius 3 is 2.38 bits per heavy atom. The molecule has 0 amide bonds. The third-order valence-electron chi connectivity index (χ3n) is 2.11. The van der Waals surface area contributed by atoms with Crippen molar-refractivity contribution < 1.29 is 22.7 Å². The summed E-state index contributed by atoms with van der Waals surface area (Å²) in [7, 11) is 0. The van der Waals surface area contributed by atoms with Gasteiger partial charge < -0.3 is 10.5 Å². The number of ether oxygens (including phenoxy) is 1. The number of hydrogen-bond donors (Lipinski definition) is 1. The summed E-state index contributed by atoms with van der Waals surface area (Å²) >= 11 is 0. The molecule has 0 saturated heterocycles. The highest BCUT2D eigenvalue weighted by molar-refractivity contribution is 5.75. The Bertz CT molecular complexity index is 207. The highest BCUT2D eigenvalue weighted by Gasteiger charge is 2.40. The van der Waals surface area contributed by atoms with Crippen LogP contribution in [-0.2, 0) is 9.53 Å². The maximum Gasteiger partial charge on any atom is 0.490 e. The molecule has 1 atom stereocenters. The quantitative estimate of drug-likeness (QED) is 0.550. The fraction of sp³-hybridized carbons (Fsp3) is 0.900. The molecule has 0 saturated carbocycles. The molecule has 16 heavy (non-hydrogen) atoms. The largest absolute Gasteiger partial charge is 0.490 e. The Balaban J connectivity index is 3.50. The lowest BCUT2D eigenvalue weighted by molar-refractivity contribution is -0.199. The van der Waals surface area contributed by atoms with Gasteiger partial charge in [0, 0.05) is 6.04 Å². The van der Waals surface area contributed by atoms with Crippen molar-refractivity contribution >= 4 is 5.97 Å². The van der Waals surface area contributed by atoms with Crippen LogP contribution in [0.2, 0.25) is 0 Å². The minimum absolute atomic E-state index is 0.0236. The van der Waals surface area contributed by atoms with Crippen molar-refractivity contribution in [1.82, 2.24) is 0 Å². The predicted octanol–water partition coefficient (Wildman–Crippen LogP) is 2.39. The summed E-state index contributed by atoms with van der Waals surface area (Å²) < 4.78 is 39.1. The average Bonchev–Trinajstić information content (AvgIpc) is 2.19. The fourth-order valence-corrected chi connectivity index (χ4v) is 1.20. The van der Waals surface area contributed by atoms with Gasteiger partial charge in [-0.2, -0.15) is 13.2 Å². The number of carbonyl (C=O) groups excluding carboxylic acids is 1. The molecule has 0 radical (unpaired) electrons. The van der Waals surface area contributed by atoms with Gasteiger partial charge in [0.1, 0.15) is 0 Å². The van der Waals surface area contributed by atoms with Gasteiger partial charge in [0.05, 0.1) is 6.61 Å². The van der Waals surface area contributed by atoms with Gasteiger partial charge >= 0.3 is 12.1 Å². The Labute approximate surface area is 93.1 Å². The summed E-state index contributed by atoms with van der Waals surface area (Å²) in [6.45, 7) is 1.82. The van der Waals surface area contributed by atoms with Crippen LogP contribution in [0.4, 0.5) is 13.2 Å². The van der Waals surface area contributed by atoms with Crippen LogP contribution >= 0.6 is 0 Å². The summed E-state index contributed by atoms with van der Waals surface area (Å²) in [5.74, 6) is -2.13. The zero-order valence-electron chi connectivity index (χ0n) is 9.35. The third kappa shape index (κ3) is 7.50. The lowest BCUT2D eigenvalue weighted by Gasteiger charge is -2.11. The van der Waals surface area contributed by atoms with E-state index in [-0.39, 0.29) is 12.6 Å². The van der Waals surface area contributed by atoms with Gasteiger partial charge in [-0.25, -0.2) is 4.79 Å². The second kappa shape index (κ2) is 7.49. The minimum atomic E-state index is -4.90. The monoisotopic (exact) mass is 241 g/mol. The molecule has 0 bridgehead atoms. The minimum Gasteiger partial charge on any atom is -0.459 e. The first-order valence-electron chi connectivity index (χ1n) is 5.37. The topological polar surface area (TPSA) is 52.3 Å². The Morgan fingerprint density at radius 1 is 1.31 bits per heavy atom. The van der Waals surface area contributed by atoms with Gasteiger partial charge in [-0.05, 0) is 19.3 Å². The van der Waals surface area contributed by atoms with Crippen LogP contribution in [0, 0.1) is 0 Å². The third-order valence-corrected chi connectivity index (χ3v) is 2.11. The van der Waals surface area contributed by atoms with Gasteiger partial charge in [-0.1, -0.05) is 19.8 Å². The number of hydrogen-bond acceptors (Lipinski definition) is 3. The van der Waals surface area contributed by atoms with Crippen LogP contribution in [0.1, 0.15) is 39.0 Å². The number of nitrogens with two attached hydrogens (primary N) is 1. The number of halogens is 3. The van der Waals surface area contributed by atoms with Gasteiger partial charge in [-0.3, -0.25) is 0 Å². The molecule has 0 aromatic carbocycles. The average molecular weight is 241 g/mol. The summed E-state index contributed by atoms with van der Waals surface area (Å²) in [6, 6.07) is -0.0236. The zero-order chi connectivity index (χ0) is 12.6. The molecule has 0 heterocycles. The molecule has 0 aromatic heterocycles. The summed E-state index contributed by atoms with van der Waals surface area (Å²) in [4.78, 5) is 10.3. The van der Waals surface area contributed by atoms with Crippen LogP contribution in [0.3, 0.4) is 0 Å². The summed E-state index contributed by atoms with van der Waals surface area (Å²) in [5.41, 5.74) is 5.70. The Morgan fingerprint density at radius 2 is 1.88 bits per heavy atom. The first-order valence-corrected chi connectivity index (χ1v) is 5.37. The SMILES string of the molecule is CCCCC(N)CCCOC(=O)C(F)(F)F. The fourth-order valence-electron chi connectivity index (χ4n) is 1.20. The molecule has 0 aliphatic heterocycles. The van der Waals surface area contributed by atoms with Gasteiger partial charge in [0.25, 0.3) is 0 Å². The van der Waals surface area contributed by atoms with E-state index in [9.17, 15) is 18.0 Å². The molecule has 3 nitrogen and oxygen atoms in total. The van der Waals surface area contributed by atoms with E-state index >= 15 is 0 Å². The second-order valence-corrected chi connectivity index (χ2v) is 3.68. The maximum atomic E-state index is 11.7. The molecule has 0 spiro atoms. The Hall–Kier alpha value is -0.780. The molecule has 0 aliphatic rings. The van der Waals surface area contributed by atoms with E-state index in [0.717, 1.165) is 19.3 Å². The maximum absolute atomic E-state index is 11.7. The number of unbranched alkanes of at least 4 members (excludes halogenated alkanes) is 1. The second-order valence-electron chi connectivity index (χ2n) is 3.68. The molecule has 6 heteroatoms. The van der Waals surface area contributed by atoms with Crippen molar-refractivity contribution in [1.29, 1.82) is 0 Å². The van der Waals surface area contributed by atoms with Crippen molar-refractivity contribution in [2.45, 2.75) is 51.2 Å². The number of rotatable bonds is 7. The highest BCUT2D eigenvalue weighted by Crippen LogP contribution is 2.16. The van der Waals surface area contributed by atoms with E-state index in [0.29, 0.717) is 12.8 Å². The van der Waals surface area contributed by atoms with Crippen LogP contribution in [-0.4, -0.2) is 24.8 Å². The lowest BCUT2D eigenvalue weighted by Crippen LogP contribution is -2.26. The lowest BCUT2D eigenvalue weighted by atomic mass is 10.1. The van der Waals surface area contributed by atoms with Crippen LogP contribution in [0.5, 0.6) is 0 Å². The predicted molar refractivity (Wildman–Crippen MR) is 53.7 cm³/mol. The molecule has 0 fully saturated rings. The highest BCUT2D eigenvalue weighted by atomic mass is 19.4. The molecular weight excluding hydrogens is 223 g/mol. The van der Waals surface area contributed by atoms with E-state index in [1.807, 2.05) is 6.92 Å². The molecule has 0 rings (SSSR count). The van der Waals surface area contributed by atoms with Crippen LogP contribution in [0.25, 0.3) is 0 Å². The van der Waals surface area contributed by atoms with Gasteiger partial charge in [-0.15, -0.1) is 0 Å². The van der Waals surface area contributed by atoms with Crippen molar-refractivity contribution in [2.24, 2.45) is 5.73 Å². The van der Waals surface area contributed by atoms with E-state index in [1.165, 1.54) is 0 Å². The van der Waals surface area contributed by atoms with E-state index < -0.39 is 12.1 Å². The van der Waals surface area contributed by atoms with Gasteiger partial charge in [0.15, 0.2) is 0 Å². The van der Waals surface area contributed by atoms with Crippen molar-refractivity contribution in [3.63, 3.8) is 0 Å². The van der Waals surface area contributed by atoms with Crippen molar-refractivity contribution in [3.8, 4) is 0 Å². The molecule has 1 unspecified atom stereocenters. The van der Waals surface area contributed by atoms with Crippen molar-refractivity contribution in [2.75, 3.05) is 6.61 Å². The summed E-state index contributed by atoms with van der Waals surface area (Å²) in [6.07, 6.45) is -1.06. The normalized spacial score (nSPS) is 13.6. The van der Waals surface area contributed by atoms with E-state index in [2.05, 4.69) is 4.74 Å². The van der Waals surface area contributed by atoms with Crippen LogP contribution < -0.4 is 5.73 Å². The molecular formula is C10H18F3NO2. The van der Waals surface area contributed by atoms with Gasteiger partial charge in [0.2, 0.25) is 0 Å². The van der Waals surface area contributed by atoms with Crippen molar-refractivity contribution in [3.05, 3.63) is 0 Å². The zero-order valence-corrected chi connectivity index (χ0v) is 9.35. The van der Waals surface area contributed by atoms with E-state index in [1.54, 1.807) is 0 Å². The van der Waals surface area contributed by atoms with Crippen LogP contribution in [0.15, 0.2) is 0 Å². The number of esters is 1. The molecule has 2 N–H and O–H groups in total.